The van der Waals surface area contributed by atoms with Gasteiger partial charge in [0, 0.05) is 25.8 Å². The Bertz CT molecular complexity index is 986. The topological polar surface area (TPSA) is 50.2 Å². The Kier molecular flexibility index (Phi) is 5.86. The molecule has 0 saturated carbocycles. The molecule has 3 aromatic rings. The Labute approximate surface area is 164 Å². The Morgan fingerprint density at radius 3 is 2.41 bits per heavy atom. The van der Waals surface area contributed by atoms with Crippen LogP contribution in [0.3, 0.4) is 0 Å². The van der Waals surface area contributed by atoms with E-state index in [9.17, 15) is 22.4 Å². The molecular formula is C20H18F4N4O. The fraction of sp³-hybridized carbons (Fsp3) is 0.200. The quantitative estimate of drug-likeness (QED) is 0.632. The lowest BCUT2D eigenvalue weighted by atomic mass is 10.2. The number of halogens is 4. The molecule has 0 aliphatic heterocycles. The van der Waals surface area contributed by atoms with E-state index in [1.165, 1.54) is 12.1 Å². The van der Waals surface area contributed by atoms with E-state index in [1.807, 2.05) is 35.2 Å². The Morgan fingerprint density at radius 2 is 1.76 bits per heavy atom. The number of aromatic nitrogens is 2. The first-order valence-corrected chi connectivity index (χ1v) is 8.73. The SMILES string of the molecule is CN(CCNC(=O)c1cnn(-c2ccccc2F)c1C(F)(F)F)c1ccccc1. The van der Waals surface area contributed by atoms with E-state index >= 15 is 0 Å². The first-order chi connectivity index (χ1) is 13.8. The summed E-state index contributed by atoms with van der Waals surface area (Å²) >= 11 is 0. The van der Waals surface area contributed by atoms with Gasteiger partial charge in [0.05, 0.1) is 11.8 Å². The summed E-state index contributed by atoms with van der Waals surface area (Å²) in [6, 6.07) is 14.3. The third-order valence-electron chi connectivity index (χ3n) is 4.29. The van der Waals surface area contributed by atoms with Gasteiger partial charge in [0.25, 0.3) is 5.91 Å². The van der Waals surface area contributed by atoms with E-state index in [0.29, 0.717) is 11.2 Å². The Balaban J connectivity index is 1.78. The van der Waals surface area contributed by atoms with Crippen LogP contribution >= 0.6 is 0 Å². The van der Waals surface area contributed by atoms with Gasteiger partial charge in [-0.25, -0.2) is 9.07 Å². The first kappa shape index (κ1) is 20.4. The van der Waals surface area contributed by atoms with Crippen LogP contribution in [0.15, 0.2) is 60.8 Å². The summed E-state index contributed by atoms with van der Waals surface area (Å²) in [5, 5.41) is 6.07. The van der Waals surface area contributed by atoms with Gasteiger partial charge in [-0.05, 0) is 24.3 Å². The number of para-hydroxylation sites is 2. The number of hydrogen-bond acceptors (Lipinski definition) is 3. The molecule has 2 aromatic carbocycles. The van der Waals surface area contributed by atoms with E-state index < -0.39 is 29.2 Å². The molecular weight excluding hydrogens is 388 g/mol. The maximum atomic E-state index is 14.0. The maximum absolute atomic E-state index is 14.0. The number of rotatable bonds is 6. The van der Waals surface area contributed by atoms with Crippen molar-refractivity contribution in [3.8, 4) is 5.69 Å². The molecule has 9 heteroatoms. The number of anilines is 1. The van der Waals surface area contributed by atoms with Crippen molar-refractivity contribution >= 4 is 11.6 Å². The summed E-state index contributed by atoms with van der Waals surface area (Å²) < 4.78 is 55.2. The van der Waals surface area contributed by atoms with Crippen LogP contribution in [-0.2, 0) is 6.18 Å². The van der Waals surface area contributed by atoms with Crippen LogP contribution in [0.2, 0.25) is 0 Å². The van der Waals surface area contributed by atoms with Crippen LogP contribution in [-0.4, -0.2) is 35.8 Å². The van der Waals surface area contributed by atoms with Crippen LogP contribution in [0.1, 0.15) is 16.1 Å². The van der Waals surface area contributed by atoms with Gasteiger partial charge in [-0.1, -0.05) is 30.3 Å². The zero-order chi connectivity index (χ0) is 21.0. The molecule has 152 valence electrons. The summed E-state index contributed by atoms with van der Waals surface area (Å²) in [7, 11) is 1.80. The molecule has 0 radical (unpaired) electrons. The fourth-order valence-corrected chi connectivity index (χ4v) is 2.84. The minimum absolute atomic E-state index is 0.117. The number of carbonyl (C=O) groups excluding carboxylic acids is 1. The molecule has 29 heavy (non-hydrogen) atoms. The van der Waals surface area contributed by atoms with Crippen LogP contribution in [0.4, 0.5) is 23.2 Å². The number of likely N-dealkylation sites (N-methyl/N-ethyl adjacent to an activating group) is 1. The highest BCUT2D eigenvalue weighted by atomic mass is 19.4. The standard InChI is InChI=1S/C20H18F4N4O/c1-27(14-7-3-2-4-8-14)12-11-25-19(29)15-13-26-28(18(15)20(22,23)24)17-10-6-5-9-16(17)21/h2-10,13H,11-12H2,1H3,(H,25,29). The second-order valence-electron chi connectivity index (χ2n) is 6.28. The number of hydrogen-bond donors (Lipinski definition) is 1. The van der Waals surface area contributed by atoms with Crippen LogP contribution < -0.4 is 10.2 Å². The van der Waals surface area contributed by atoms with Crippen molar-refractivity contribution in [2.24, 2.45) is 0 Å². The molecule has 5 nitrogen and oxygen atoms in total. The molecule has 0 spiro atoms. The predicted molar refractivity (Wildman–Crippen MR) is 101 cm³/mol. The van der Waals surface area contributed by atoms with Crippen molar-refractivity contribution in [3.63, 3.8) is 0 Å². The van der Waals surface area contributed by atoms with Crippen molar-refractivity contribution in [2.45, 2.75) is 6.18 Å². The Hall–Kier alpha value is -3.36. The summed E-state index contributed by atoms with van der Waals surface area (Å²) in [6.45, 7) is 0.505. The molecule has 3 rings (SSSR count). The normalized spacial score (nSPS) is 11.3. The first-order valence-electron chi connectivity index (χ1n) is 8.73. The zero-order valence-electron chi connectivity index (χ0n) is 15.4. The van der Waals surface area contributed by atoms with Gasteiger partial charge in [0.2, 0.25) is 0 Å². The van der Waals surface area contributed by atoms with E-state index in [1.54, 1.807) is 7.05 Å². The second kappa shape index (κ2) is 8.34. The van der Waals surface area contributed by atoms with Crippen molar-refractivity contribution in [2.75, 3.05) is 25.0 Å². The highest BCUT2D eigenvalue weighted by molar-refractivity contribution is 5.95. The van der Waals surface area contributed by atoms with Gasteiger partial charge >= 0.3 is 6.18 Å². The van der Waals surface area contributed by atoms with Crippen molar-refractivity contribution in [1.29, 1.82) is 0 Å². The molecule has 1 aromatic heterocycles. The number of benzene rings is 2. The summed E-state index contributed by atoms with van der Waals surface area (Å²) in [5.74, 6) is -1.81. The lowest BCUT2D eigenvalue weighted by molar-refractivity contribution is -0.143. The van der Waals surface area contributed by atoms with Gasteiger partial charge < -0.3 is 10.2 Å². The van der Waals surface area contributed by atoms with Crippen molar-refractivity contribution in [3.05, 3.63) is 77.9 Å². The largest absolute Gasteiger partial charge is 0.434 e. The highest BCUT2D eigenvalue weighted by Gasteiger charge is 2.40. The third-order valence-corrected chi connectivity index (χ3v) is 4.29. The third kappa shape index (κ3) is 4.56. The van der Waals surface area contributed by atoms with Gasteiger partial charge in [0.1, 0.15) is 11.5 Å². The van der Waals surface area contributed by atoms with Crippen LogP contribution in [0.5, 0.6) is 0 Å². The lowest BCUT2D eigenvalue weighted by Crippen LogP contribution is -2.34. The van der Waals surface area contributed by atoms with E-state index in [4.69, 9.17) is 0 Å². The molecule has 0 aliphatic carbocycles. The van der Waals surface area contributed by atoms with E-state index in [2.05, 4.69) is 10.4 Å². The molecule has 0 saturated heterocycles. The lowest BCUT2D eigenvalue weighted by Gasteiger charge is -2.19. The number of nitrogens with one attached hydrogen (secondary N) is 1. The van der Waals surface area contributed by atoms with Crippen LogP contribution in [0.25, 0.3) is 5.69 Å². The average Bonchev–Trinajstić information content (AvgIpc) is 3.14. The predicted octanol–water partition coefficient (Wildman–Crippen LogP) is 3.90. The summed E-state index contributed by atoms with van der Waals surface area (Å²) in [5.41, 5.74) is -1.47. The molecule has 0 unspecified atom stereocenters. The number of carbonyl (C=O) groups is 1. The smallest absolute Gasteiger partial charge is 0.373 e. The molecule has 1 N–H and O–H groups in total. The average molecular weight is 406 g/mol. The number of nitrogens with zero attached hydrogens (tertiary/aromatic N) is 3. The maximum Gasteiger partial charge on any atom is 0.434 e. The van der Waals surface area contributed by atoms with Gasteiger partial charge in [-0.2, -0.15) is 18.3 Å². The van der Waals surface area contributed by atoms with Crippen molar-refractivity contribution < 1.29 is 22.4 Å². The van der Waals surface area contributed by atoms with Crippen LogP contribution in [0, 0.1) is 5.82 Å². The zero-order valence-corrected chi connectivity index (χ0v) is 15.4. The van der Waals surface area contributed by atoms with Crippen molar-refractivity contribution in [1.82, 2.24) is 15.1 Å². The molecule has 0 aliphatic rings. The Morgan fingerprint density at radius 1 is 1.10 bits per heavy atom. The monoisotopic (exact) mass is 406 g/mol. The van der Waals surface area contributed by atoms with Gasteiger partial charge in [-0.3, -0.25) is 4.79 Å². The minimum Gasteiger partial charge on any atom is -0.373 e. The molecule has 1 amide bonds. The van der Waals surface area contributed by atoms with Gasteiger partial charge in [-0.15, -0.1) is 0 Å². The van der Waals surface area contributed by atoms with E-state index in [-0.39, 0.29) is 12.2 Å². The number of alkyl halides is 3. The number of amides is 1. The summed E-state index contributed by atoms with van der Waals surface area (Å²) in [4.78, 5) is 14.2. The summed E-state index contributed by atoms with van der Waals surface area (Å²) in [6.07, 6.45) is -4.10. The molecule has 0 fully saturated rings. The minimum atomic E-state index is -4.90. The van der Waals surface area contributed by atoms with E-state index in [0.717, 1.165) is 24.0 Å². The molecule has 1 heterocycles. The molecule has 0 bridgehead atoms. The molecule has 0 atom stereocenters. The second-order valence-corrected chi connectivity index (χ2v) is 6.28. The van der Waals surface area contributed by atoms with Gasteiger partial charge in [0.15, 0.2) is 5.69 Å². The highest BCUT2D eigenvalue weighted by Crippen LogP contribution is 2.34. The fourth-order valence-electron chi connectivity index (χ4n) is 2.84.